The Morgan fingerprint density at radius 1 is 1.38 bits per heavy atom. The minimum Gasteiger partial charge on any atom is -0.320 e. The highest BCUT2D eigenvalue weighted by molar-refractivity contribution is 7.03. The second-order valence-corrected chi connectivity index (χ2v) is 5.33. The summed E-state index contributed by atoms with van der Waals surface area (Å²) in [4.78, 5) is 30.9. The first-order chi connectivity index (χ1) is 10.1. The van der Waals surface area contributed by atoms with Crippen LogP contribution in [0.2, 0.25) is 0 Å². The van der Waals surface area contributed by atoms with Crippen LogP contribution in [0.15, 0.2) is 15.0 Å². The van der Waals surface area contributed by atoms with Crippen LogP contribution in [0.25, 0.3) is 22.7 Å². The van der Waals surface area contributed by atoms with E-state index in [1.807, 2.05) is 6.92 Å². The normalized spacial score (nSPS) is 11.3. The fourth-order valence-electron chi connectivity index (χ4n) is 2.26. The number of hydrogen-bond donors (Lipinski definition) is 1. The molecular weight excluding hydrogens is 292 g/mol. The highest BCUT2D eigenvalue weighted by Gasteiger charge is 2.18. The van der Waals surface area contributed by atoms with E-state index in [2.05, 4.69) is 19.6 Å². The molecule has 3 aromatic heterocycles. The Hall–Kier alpha value is -2.29. The maximum Gasteiger partial charge on any atom is 0.330 e. The largest absolute Gasteiger partial charge is 0.330 e. The molecule has 0 aromatic carbocycles. The second kappa shape index (κ2) is 5.24. The van der Waals surface area contributed by atoms with Gasteiger partial charge in [0.2, 0.25) is 0 Å². The van der Waals surface area contributed by atoms with Gasteiger partial charge in [0.25, 0.3) is 5.56 Å². The minimum atomic E-state index is -0.438. The van der Waals surface area contributed by atoms with E-state index in [-0.39, 0.29) is 0 Å². The number of nitrogens with one attached hydrogen (secondary N) is 1. The number of rotatable bonds is 4. The maximum atomic E-state index is 12.1. The summed E-state index contributed by atoms with van der Waals surface area (Å²) in [6.07, 6.45) is 1.79. The predicted octanol–water partition coefficient (Wildman–Crippen LogP) is 0.742. The highest BCUT2D eigenvalue weighted by Crippen LogP contribution is 2.20. The van der Waals surface area contributed by atoms with Gasteiger partial charge in [0.1, 0.15) is 5.69 Å². The number of nitrogens with zero attached hydrogens (tertiary/aromatic N) is 5. The van der Waals surface area contributed by atoms with Gasteiger partial charge in [-0.2, -0.15) is 0 Å². The molecule has 0 aliphatic rings. The zero-order valence-corrected chi connectivity index (χ0v) is 12.5. The molecule has 110 valence electrons. The van der Waals surface area contributed by atoms with Gasteiger partial charge in [-0.05, 0) is 18.0 Å². The van der Waals surface area contributed by atoms with Gasteiger partial charge in [-0.15, -0.1) is 5.10 Å². The van der Waals surface area contributed by atoms with Crippen molar-refractivity contribution >= 4 is 22.7 Å². The monoisotopic (exact) mass is 306 g/mol. The van der Waals surface area contributed by atoms with Crippen LogP contribution in [-0.2, 0) is 13.6 Å². The Kier molecular flexibility index (Phi) is 3.42. The van der Waals surface area contributed by atoms with Gasteiger partial charge in [-0.3, -0.25) is 14.3 Å². The summed E-state index contributed by atoms with van der Waals surface area (Å²) in [7, 11) is 1.73. The van der Waals surface area contributed by atoms with Crippen LogP contribution in [0, 0.1) is 0 Å². The average Bonchev–Trinajstić information content (AvgIpc) is 3.06. The van der Waals surface area contributed by atoms with Crippen molar-refractivity contribution in [3.05, 3.63) is 26.2 Å². The van der Waals surface area contributed by atoms with Crippen molar-refractivity contribution in [1.29, 1.82) is 0 Å². The molecule has 3 rings (SSSR count). The van der Waals surface area contributed by atoms with Gasteiger partial charge in [-0.25, -0.2) is 9.78 Å². The Labute approximate surface area is 123 Å². The van der Waals surface area contributed by atoms with Crippen molar-refractivity contribution in [3.63, 3.8) is 0 Å². The molecule has 0 aliphatic carbocycles. The van der Waals surface area contributed by atoms with Crippen molar-refractivity contribution in [3.8, 4) is 11.5 Å². The number of H-pyrrole nitrogens is 1. The number of aromatic nitrogens is 6. The van der Waals surface area contributed by atoms with Gasteiger partial charge >= 0.3 is 5.69 Å². The van der Waals surface area contributed by atoms with Crippen LogP contribution in [0.3, 0.4) is 0 Å². The molecule has 0 saturated carbocycles. The summed E-state index contributed by atoms with van der Waals surface area (Å²) in [6, 6.07) is 0. The average molecular weight is 306 g/mol. The molecule has 3 heterocycles. The Morgan fingerprint density at radius 3 is 2.86 bits per heavy atom. The molecule has 0 atom stereocenters. The molecule has 0 radical (unpaired) electrons. The van der Waals surface area contributed by atoms with Crippen LogP contribution in [0.4, 0.5) is 0 Å². The van der Waals surface area contributed by atoms with E-state index in [0.717, 1.165) is 12.8 Å². The summed E-state index contributed by atoms with van der Waals surface area (Å²) in [5.74, 6) is 0.528. The molecule has 0 fully saturated rings. The van der Waals surface area contributed by atoms with Crippen molar-refractivity contribution < 1.29 is 0 Å². The maximum absolute atomic E-state index is 12.1. The van der Waals surface area contributed by atoms with Crippen LogP contribution in [-0.4, -0.2) is 28.7 Å². The molecule has 21 heavy (non-hydrogen) atoms. The van der Waals surface area contributed by atoms with Gasteiger partial charge in [0.05, 0.1) is 0 Å². The molecule has 0 spiro atoms. The molecule has 1 N–H and O–H groups in total. The Bertz CT molecular complexity index is 889. The molecule has 0 amide bonds. The number of unbranched alkanes of at least 4 members (excludes halogenated alkanes) is 1. The Morgan fingerprint density at radius 2 is 2.19 bits per heavy atom. The zero-order chi connectivity index (χ0) is 15.0. The smallest absolute Gasteiger partial charge is 0.320 e. The highest BCUT2D eigenvalue weighted by atomic mass is 32.1. The molecule has 0 saturated heterocycles. The van der Waals surface area contributed by atoms with Crippen molar-refractivity contribution in [1.82, 2.24) is 28.7 Å². The summed E-state index contributed by atoms with van der Waals surface area (Å²) in [5.41, 5.74) is 0.484. The lowest BCUT2D eigenvalue weighted by Crippen LogP contribution is -2.31. The lowest BCUT2D eigenvalue weighted by atomic mass is 10.3. The van der Waals surface area contributed by atoms with Gasteiger partial charge < -0.3 is 4.57 Å². The van der Waals surface area contributed by atoms with Crippen molar-refractivity contribution in [2.24, 2.45) is 7.05 Å². The van der Waals surface area contributed by atoms with Crippen LogP contribution in [0.1, 0.15) is 19.8 Å². The van der Waals surface area contributed by atoms with Crippen molar-refractivity contribution in [2.75, 3.05) is 0 Å². The predicted molar refractivity (Wildman–Crippen MR) is 79.4 cm³/mol. The van der Waals surface area contributed by atoms with Crippen LogP contribution < -0.4 is 11.2 Å². The molecule has 3 aromatic rings. The lowest BCUT2D eigenvalue weighted by Gasteiger charge is -2.04. The number of imidazole rings is 1. The zero-order valence-electron chi connectivity index (χ0n) is 11.7. The number of fused-ring (bicyclic) bond motifs is 1. The number of aryl methyl sites for hydroxylation is 2. The minimum absolute atomic E-state index is 0.369. The van der Waals surface area contributed by atoms with E-state index >= 15 is 0 Å². The van der Waals surface area contributed by atoms with Gasteiger partial charge in [-0.1, -0.05) is 17.8 Å². The number of aromatic amines is 1. The third kappa shape index (κ3) is 2.19. The van der Waals surface area contributed by atoms with Crippen LogP contribution in [0.5, 0.6) is 0 Å². The molecule has 0 bridgehead atoms. The third-order valence-electron chi connectivity index (χ3n) is 3.34. The fourth-order valence-corrected chi connectivity index (χ4v) is 2.70. The first-order valence-electron chi connectivity index (χ1n) is 6.60. The fraction of sp³-hybridized carbons (Fsp3) is 0.417. The number of hydrogen-bond acceptors (Lipinski definition) is 6. The quantitative estimate of drug-likeness (QED) is 0.766. The molecule has 8 nitrogen and oxygen atoms in total. The van der Waals surface area contributed by atoms with E-state index in [9.17, 15) is 9.59 Å². The standard InChI is InChI=1S/C12H14N6O2S/c1-3-4-5-18-10-8(11(19)14-12(18)20)17(2)9(13-10)7-6-21-16-15-7/h6H,3-5H2,1-2H3,(H,14,19,20). The summed E-state index contributed by atoms with van der Waals surface area (Å²) >= 11 is 1.21. The van der Waals surface area contributed by atoms with E-state index in [0.29, 0.717) is 29.2 Å². The van der Waals surface area contributed by atoms with Gasteiger partial charge in [0.15, 0.2) is 17.0 Å². The summed E-state index contributed by atoms with van der Waals surface area (Å²) in [6.45, 7) is 2.56. The summed E-state index contributed by atoms with van der Waals surface area (Å²) < 4.78 is 6.95. The van der Waals surface area contributed by atoms with E-state index in [1.165, 1.54) is 16.1 Å². The van der Waals surface area contributed by atoms with E-state index in [1.54, 1.807) is 17.0 Å². The second-order valence-electron chi connectivity index (χ2n) is 4.72. The third-order valence-corrected chi connectivity index (χ3v) is 3.84. The van der Waals surface area contributed by atoms with E-state index in [4.69, 9.17) is 0 Å². The van der Waals surface area contributed by atoms with E-state index < -0.39 is 11.2 Å². The molecule has 0 aliphatic heterocycles. The molecular formula is C12H14N6O2S. The molecule has 9 heteroatoms. The summed E-state index contributed by atoms with van der Waals surface area (Å²) in [5, 5.41) is 5.73. The Balaban J connectivity index is 2.32. The lowest BCUT2D eigenvalue weighted by molar-refractivity contribution is 0.613. The first-order valence-corrected chi connectivity index (χ1v) is 7.44. The van der Waals surface area contributed by atoms with Gasteiger partial charge in [0, 0.05) is 19.0 Å². The first kappa shape index (κ1) is 13.7. The van der Waals surface area contributed by atoms with Crippen molar-refractivity contribution in [2.45, 2.75) is 26.3 Å². The SMILES string of the molecule is CCCCn1c(=O)[nH]c(=O)c2c1nc(-c1csnn1)n2C. The van der Waals surface area contributed by atoms with Crippen LogP contribution >= 0.6 is 11.5 Å². The molecule has 0 unspecified atom stereocenters. The topological polar surface area (TPSA) is 98.5 Å².